The van der Waals surface area contributed by atoms with Gasteiger partial charge in [-0.05, 0) is 41.8 Å². The molecule has 36 heavy (non-hydrogen) atoms. The molecule has 0 spiro atoms. The highest BCUT2D eigenvalue weighted by Crippen LogP contribution is 2.26. The van der Waals surface area contributed by atoms with Crippen LogP contribution in [-0.2, 0) is 17.9 Å². The number of hydrogen-bond acceptors (Lipinski definition) is 4. The Labute approximate surface area is 210 Å². The lowest BCUT2D eigenvalue weighted by Crippen LogP contribution is -2.24. The molecule has 4 aromatic rings. The number of benzene rings is 3. The average molecular weight is 481 g/mol. The third-order valence-corrected chi connectivity index (χ3v) is 6.31. The topological polar surface area (TPSA) is 76.5 Å². The van der Waals surface area contributed by atoms with E-state index in [0.717, 1.165) is 35.3 Å². The van der Waals surface area contributed by atoms with E-state index < -0.39 is 0 Å². The smallest absolute Gasteiger partial charge is 0.255 e. The quantitative estimate of drug-likeness (QED) is 0.398. The first kappa shape index (κ1) is 23.4. The summed E-state index contributed by atoms with van der Waals surface area (Å²) in [7, 11) is 1.62. The summed E-state index contributed by atoms with van der Waals surface area (Å²) in [4.78, 5) is 27.1. The van der Waals surface area contributed by atoms with Gasteiger partial charge in [-0.15, -0.1) is 0 Å². The normalized spacial score (nSPS) is 13.1. The second-order valence-electron chi connectivity index (χ2n) is 8.80. The van der Waals surface area contributed by atoms with Crippen molar-refractivity contribution in [3.63, 3.8) is 0 Å². The Morgan fingerprint density at radius 1 is 1.00 bits per heavy atom. The van der Waals surface area contributed by atoms with Gasteiger partial charge in [0.1, 0.15) is 11.4 Å². The zero-order valence-electron chi connectivity index (χ0n) is 20.2. The number of hydrogen-bond donors (Lipinski definition) is 1. The summed E-state index contributed by atoms with van der Waals surface area (Å²) >= 11 is 0. The molecule has 1 aliphatic rings. The van der Waals surface area contributed by atoms with Crippen LogP contribution in [0.2, 0.25) is 0 Å². The molecule has 1 fully saturated rings. The van der Waals surface area contributed by atoms with Crippen molar-refractivity contribution in [3.05, 3.63) is 102 Å². The number of carbonyl (C=O) groups excluding carboxylic acids is 2. The summed E-state index contributed by atoms with van der Waals surface area (Å²) in [5, 5.41) is 7.78. The Kier molecular flexibility index (Phi) is 6.80. The van der Waals surface area contributed by atoms with E-state index in [-0.39, 0.29) is 11.8 Å². The fourth-order valence-electron chi connectivity index (χ4n) is 4.42. The van der Waals surface area contributed by atoms with E-state index in [4.69, 9.17) is 9.84 Å². The van der Waals surface area contributed by atoms with E-state index in [1.807, 2.05) is 83.8 Å². The van der Waals surface area contributed by atoms with Gasteiger partial charge in [-0.1, -0.05) is 54.6 Å². The van der Waals surface area contributed by atoms with Crippen LogP contribution in [0.3, 0.4) is 0 Å². The number of carbonyl (C=O) groups is 2. The first-order valence-corrected chi connectivity index (χ1v) is 12.0. The molecule has 1 aliphatic heterocycles. The van der Waals surface area contributed by atoms with Crippen molar-refractivity contribution < 1.29 is 14.3 Å². The molecule has 2 amide bonds. The van der Waals surface area contributed by atoms with Crippen LogP contribution in [0.5, 0.6) is 5.75 Å². The molecule has 3 aromatic carbocycles. The molecule has 182 valence electrons. The molecule has 0 atom stereocenters. The highest BCUT2D eigenvalue weighted by molar-refractivity contribution is 6.00. The van der Waals surface area contributed by atoms with Crippen molar-refractivity contribution in [3.8, 4) is 17.0 Å². The van der Waals surface area contributed by atoms with Crippen LogP contribution in [0.15, 0.2) is 85.1 Å². The van der Waals surface area contributed by atoms with Crippen molar-refractivity contribution in [1.29, 1.82) is 0 Å². The van der Waals surface area contributed by atoms with Crippen LogP contribution in [0.4, 0.5) is 5.69 Å². The van der Waals surface area contributed by atoms with Gasteiger partial charge < -0.3 is 15.0 Å². The van der Waals surface area contributed by atoms with E-state index >= 15 is 0 Å². The average Bonchev–Trinajstić information content (AvgIpc) is 3.54. The Bertz CT molecular complexity index is 1360. The van der Waals surface area contributed by atoms with Crippen molar-refractivity contribution in [2.75, 3.05) is 18.6 Å². The van der Waals surface area contributed by atoms with Crippen LogP contribution < -0.4 is 15.0 Å². The molecule has 0 radical (unpaired) electrons. The molecule has 7 heteroatoms. The van der Waals surface area contributed by atoms with E-state index in [0.29, 0.717) is 36.5 Å². The lowest BCUT2D eigenvalue weighted by atomic mass is 10.1. The van der Waals surface area contributed by atoms with Gasteiger partial charge in [0.2, 0.25) is 5.91 Å². The molecule has 1 saturated heterocycles. The molecular formula is C29H28N4O3. The highest BCUT2D eigenvalue weighted by Gasteiger charge is 2.22. The van der Waals surface area contributed by atoms with Gasteiger partial charge >= 0.3 is 0 Å². The van der Waals surface area contributed by atoms with E-state index in [1.165, 1.54) is 0 Å². The second-order valence-corrected chi connectivity index (χ2v) is 8.80. The summed E-state index contributed by atoms with van der Waals surface area (Å²) in [6, 6.07) is 25.3. The number of anilines is 1. The molecule has 0 bridgehead atoms. The van der Waals surface area contributed by atoms with Gasteiger partial charge in [-0.25, -0.2) is 0 Å². The fourth-order valence-corrected chi connectivity index (χ4v) is 4.42. The first-order valence-electron chi connectivity index (χ1n) is 12.0. The highest BCUT2D eigenvalue weighted by atomic mass is 16.5. The van der Waals surface area contributed by atoms with Gasteiger partial charge in [0, 0.05) is 37.0 Å². The van der Waals surface area contributed by atoms with Gasteiger partial charge in [0.25, 0.3) is 5.91 Å². The minimum Gasteiger partial charge on any atom is -0.497 e. The van der Waals surface area contributed by atoms with Crippen molar-refractivity contribution >= 4 is 17.5 Å². The summed E-state index contributed by atoms with van der Waals surface area (Å²) in [6.07, 6.45) is 3.29. The largest absolute Gasteiger partial charge is 0.497 e. The molecule has 0 saturated carbocycles. The van der Waals surface area contributed by atoms with E-state index in [9.17, 15) is 9.59 Å². The second kappa shape index (κ2) is 10.5. The minimum atomic E-state index is -0.203. The van der Waals surface area contributed by atoms with Crippen LogP contribution in [0.1, 0.15) is 34.3 Å². The maximum absolute atomic E-state index is 13.3. The van der Waals surface area contributed by atoms with Gasteiger partial charge in [-0.3, -0.25) is 14.3 Å². The van der Waals surface area contributed by atoms with E-state index in [2.05, 4.69) is 5.32 Å². The molecular weight excluding hydrogens is 452 g/mol. The van der Waals surface area contributed by atoms with Crippen molar-refractivity contribution in [2.24, 2.45) is 0 Å². The van der Waals surface area contributed by atoms with Crippen molar-refractivity contribution in [2.45, 2.75) is 25.9 Å². The molecule has 1 N–H and O–H groups in total. The molecule has 1 aromatic heterocycles. The van der Waals surface area contributed by atoms with Crippen LogP contribution in [0.25, 0.3) is 11.3 Å². The van der Waals surface area contributed by atoms with E-state index in [1.54, 1.807) is 18.0 Å². The lowest BCUT2D eigenvalue weighted by molar-refractivity contribution is -0.117. The third-order valence-electron chi connectivity index (χ3n) is 6.31. The molecule has 5 rings (SSSR count). The SMILES string of the molecule is COc1cccc(-c2nn(Cc3ccccc3)cc2C(=O)NCc2ccc(N3CCCC3=O)cc2)c1. The summed E-state index contributed by atoms with van der Waals surface area (Å²) < 4.78 is 7.17. The van der Waals surface area contributed by atoms with Gasteiger partial charge in [-0.2, -0.15) is 5.10 Å². The van der Waals surface area contributed by atoms with Gasteiger partial charge in [0.15, 0.2) is 0 Å². The van der Waals surface area contributed by atoms with Crippen LogP contribution in [-0.4, -0.2) is 35.2 Å². The minimum absolute atomic E-state index is 0.161. The zero-order chi connectivity index (χ0) is 24.9. The number of rotatable bonds is 8. The molecule has 0 aliphatic carbocycles. The molecule has 7 nitrogen and oxygen atoms in total. The number of ether oxygens (including phenoxy) is 1. The van der Waals surface area contributed by atoms with Crippen LogP contribution in [0, 0.1) is 0 Å². The first-order chi connectivity index (χ1) is 17.6. The third kappa shape index (κ3) is 5.15. The fraction of sp³-hybridized carbons (Fsp3) is 0.207. The number of aromatic nitrogens is 2. The number of methoxy groups -OCH3 is 1. The Hall–Kier alpha value is -4.39. The number of nitrogens with zero attached hydrogens (tertiary/aromatic N) is 3. The summed E-state index contributed by atoms with van der Waals surface area (Å²) in [5.74, 6) is 0.660. The predicted octanol–water partition coefficient (Wildman–Crippen LogP) is 4.66. The Morgan fingerprint density at radius 2 is 1.81 bits per heavy atom. The zero-order valence-corrected chi connectivity index (χ0v) is 20.2. The number of amides is 2. The Morgan fingerprint density at radius 3 is 2.53 bits per heavy atom. The van der Waals surface area contributed by atoms with Crippen molar-refractivity contribution in [1.82, 2.24) is 15.1 Å². The maximum atomic E-state index is 13.3. The summed E-state index contributed by atoms with van der Waals surface area (Å²) in [5.41, 5.74) is 4.86. The summed E-state index contributed by atoms with van der Waals surface area (Å²) in [6.45, 7) is 1.69. The molecule has 2 heterocycles. The lowest BCUT2D eigenvalue weighted by Gasteiger charge is -2.16. The molecule has 0 unspecified atom stereocenters. The maximum Gasteiger partial charge on any atom is 0.255 e. The standard InChI is InChI=1S/C29H28N4O3/c1-36-25-10-5-9-23(17-25)28-26(20-32(31-28)19-22-7-3-2-4-8-22)29(35)30-18-21-12-14-24(15-13-21)33-16-6-11-27(33)34/h2-5,7-10,12-15,17,20H,6,11,16,18-19H2,1H3,(H,30,35). The predicted molar refractivity (Wildman–Crippen MR) is 139 cm³/mol. The van der Waals surface area contributed by atoms with Crippen LogP contribution >= 0.6 is 0 Å². The Balaban J connectivity index is 1.35. The number of nitrogens with one attached hydrogen (secondary N) is 1. The monoisotopic (exact) mass is 480 g/mol. The van der Waals surface area contributed by atoms with Gasteiger partial charge in [0.05, 0.1) is 19.2 Å².